The van der Waals surface area contributed by atoms with E-state index in [9.17, 15) is 4.79 Å². The fourth-order valence-electron chi connectivity index (χ4n) is 2.69. The zero-order valence-corrected chi connectivity index (χ0v) is 10.9. The molecular formula is C14H22N2O. The van der Waals surface area contributed by atoms with Crippen molar-refractivity contribution in [3.63, 3.8) is 0 Å². The normalized spacial score (nSPS) is 18.0. The molecule has 0 aromatic carbocycles. The van der Waals surface area contributed by atoms with Crippen LogP contribution in [0.25, 0.3) is 0 Å². The molecule has 0 bridgehead atoms. The van der Waals surface area contributed by atoms with Crippen molar-refractivity contribution in [2.45, 2.75) is 64.7 Å². The van der Waals surface area contributed by atoms with Gasteiger partial charge in [-0.2, -0.15) is 0 Å². The number of hydrogen-bond donors (Lipinski definition) is 1. The van der Waals surface area contributed by atoms with Crippen molar-refractivity contribution in [2.75, 3.05) is 0 Å². The van der Waals surface area contributed by atoms with E-state index >= 15 is 0 Å². The van der Waals surface area contributed by atoms with Gasteiger partial charge >= 0.3 is 0 Å². The van der Waals surface area contributed by atoms with E-state index in [2.05, 4.69) is 16.9 Å². The summed E-state index contributed by atoms with van der Waals surface area (Å²) < 4.78 is 0. The highest BCUT2D eigenvalue weighted by Crippen LogP contribution is 2.29. The number of aromatic amines is 1. The number of nitrogens with zero attached hydrogens (tertiary/aromatic N) is 1. The first-order valence-corrected chi connectivity index (χ1v) is 6.82. The zero-order valence-electron chi connectivity index (χ0n) is 10.9. The lowest BCUT2D eigenvalue weighted by Gasteiger charge is -2.14. The molecule has 1 aliphatic rings. The van der Waals surface area contributed by atoms with Crippen LogP contribution in [0.2, 0.25) is 0 Å². The van der Waals surface area contributed by atoms with Gasteiger partial charge in [0.05, 0.1) is 5.69 Å². The summed E-state index contributed by atoms with van der Waals surface area (Å²) in [6.45, 7) is 3.92. The molecule has 1 heterocycles. The predicted octanol–water partition coefficient (Wildman–Crippen LogP) is 3.08. The van der Waals surface area contributed by atoms with Crippen LogP contribution in [0.4, 0.5) is 0 Å². The SMILES string of the molecule is CCc1nc(C2CCCCCC2)[nH]c(=O)c1C. The number of H-pyrrole nitrogens is 1. The number of aryl methyl sites for hydroxylation is 1. The van der Waals surface area contributed by atoms with Crippen LogP contribution in [0, 0.1) is 6.92 Å². The molecule has 0 atom stereocenters. The van der Waals surface area contributed by atoms with Crippen LogP contribution in [0.1, 0.15) is 68.4 Å². The smallest absolute Gasteiger partial charge is 0.254 e. The summed E-state index contributed by atoms with van der Waals surface area (Å²) in [6, 6.07) is 0. The van der Waals surface area contributed by atoms with Crippen molar-refractivity contribution >= 4 is 0 Å². The standard InChI is InChI=1S/C14H22N2O/c1-3-12-10(2)14(17)16-13(15-12)11-8-6-4-5-7-9-11/h11H,3-9H2,1-2H3,(H,15,16,17). The molecule has 94 valence electrons. The van der Waals surface area contributed by atoms with Gasteiger partial charge in [-0.15, -0.1) is 0 Å². The van der Waals surface area contributed by atoms with Crippen LogP contribution in [0.5, 0.6) is 0 Å². The zero-order chi connectivity index (χ0) is 12.3. The van der Waals surface area contributed by atoms with Crippen LogP contribution in [0.3, 0.4) is 0 Å². The molecule has 0 aliphatic heterocycles. The highest BCUT2D eigenvalue weighted by Gasteiger charge is 2.18. The summed E-state index contributed by atoms with van der Waals surface area (Å²) in [5.41, 5.74) is 1.80. The Morgan fingerprint density at radius 1 is 1.24 bits per heavy atom. The van der Waals surface area contributed by atoms with E-state index in [1.165, 1.54) is 38.5 Å². The summed E-state index contributed by atoms with van der Waals surface area (Å²) in [6.07, 6.45) is 8.38. The van der Waals surface area contributed by atoms with E-state index in [4.69, 9.17) is 0 Å². The summed E-state index contributed by atoms with van der Waals surface area (Å²) in [5.74, 6) is 1.40. The van der Waals surface area contributed by atoms with Crippen molar-refractivity contribution in [1.29, 1.82) is 0 Å². The monoisotopic (exact) mass is 234 g/mol. The Labute approximate surface area is 103 Å². The molecule has 0 saturated heterocycles. The fraction of sp³-hybridized carbons (Fsp3) is 0.714. The van der Waals surface area contributed by atoms with Crippen molar-refractivity contribution in [2.24, 2.45) is 0 Å². The van der Waals surface area contributed by atoms with Crippen molar-refractivity contribution in [3.8, 4) is 0 Å². The minimum Gasteiger partial charge on any atom is -0.310 e. The Kier molecular flexibility index (Phi) is 3.97. The first kappa shape index (κ1) is 12.3. The maximum atomic E-state index is 11.9. The molecular weight excluding hydrogens is 212 g/mol. The molecule has 1 aliphatic carbocycles. The number of hydrogen-bond acceptors (Lipinski definition) is 2. The van der Waals surface area contributed by atoms with E-state index in [0.29, 0.717) is 5.92 Å². The Bertz CT molecular complexity index is 428. The molecule has 3 nitrogen and oxygen atoms in total. The predicted molar refractivity (Wildman–Crippen MR) is 69.4 cm³/mol. The van der Waals surface area contributed by atoms with Gasteiger partial charge < -0.3 is 4.98 Å². The van der Waals surface area contributed by atoms with Gasteiger partial charge in [-0.3, -0.25) is 4.79 Å². The van der Waals surface area contributed by atoms with E-state index in [-0.39, 0.29) is 5.56 Å². The van der Waals surface area contributed by atoms with Crippen molar-refractivity contribution in [3.05, 3.63) is 27.4 Å². The molecule has 1 aromatic rings. The van der Waals surface area contributed by atoms with Crippen LogP contribution in [0.15, 0.2) is 4.79 Å². The van der Waals surface area contributed by atoms with Crippen LogP contribution in [-0.4, -0.2) is 9.97 Å². The Hall–Kier alpha value is -1.12. The highest BCUT2D eigenvalue weighted by atomic mass is 16.1. The van der Waals surface area contributed by atoms with E-state index in [1.807, 2.05) is 6.92 Å². The van der Waals surface area contributed by atoms with Gasteiger partial charge in [0.15, 0.2) is 0 Å². The van der Waals surface area contributed by atoms with Gasteiger partial charge in [-0.05, 0) is 26.2 Å². The van der Waals surface area contributed by atoms with Crippen LogP contribution in [-0.2, 0) is 6.42 Å². The lowest BCUT2D eigenvalue weighted by atomic mass is 9.99. The van der Waals surface area contributed by atoms with Gasteiger partial charge in [-0.25, -0.2) is 4.98 Å². The molecule has 1 fully saturated rings. The first-order valence-electron chi connectivity index (χ1n) is 6.82. The summed E-state index contributed by atoms with van der Waals surface area (Å²) in [7, 11) is 0. The van der Waals surface area contributed by atoms with Crippen LogP contribution >= 0.6 is 0 Å². The molecule has 17 heavy (non-hydrogen) atoms. The third kappa shape index (κ3) is 2.76. The van der Waals surface area contributed by atoms with Crippen molar-refractivity contribution < 1.29 is 0 Å². The maximum Gasteiger partial charge on any atom is 0.254 e. The largest absolute Gasteiger partial charge is 0.310 e. The number of rotatable bonds is 2. The second-order valence-electron chi connectivity index (χ2n) is 5.06. The quantitative estimate of drug-likeness (QED) is 0.799. The van der Waals surface area contributed by atoms with Crippen LogP contribution < -0.4 is 5.56 Å². The summed E-state index contributed by atoms with van der Waals surface area (Å²) >= 11 is 0. The average molecular weight is 234 g/mol. The lowest BCUT2D eigenvalue weighted by Crippen LogP contribution is -2.19. The van der Waals surface area contributed by atoms with Gasteiger partial charge in [-0.1, -0.05) is 32.6 Å². The van der Waals surface area contributed by atoms with Gasteiger partial charge in [0.2, 0.25) is 0 Å². The molecule has 2 rings (SSSR count). The highest BCUT2D eigenvalue weighted by molar-refractivity contribution is 5.17. The summed E-state index contributed by atoms with van der Waals surface area (Å²) in [4.78, 5) is 19.5. The molecule has 3 heteroatoms. The number of aromatic nitrogens is 2. The molecule has 1 N–H and O–H groups in total. The molecule has 1 aromatic heterocycles. The van der Waals surface area contributed by atoms with Gasteiger partial charge in [0, 0.05) is 11.5 Å². The lowest BCUT2D eigenvalue weighted by molar-refractivity contribution is 0.554. The Morgan fingerprint density at radius 3 is 2.47 bits per heavy atom. The van der Waals surface area contributed by atoms with E-state index < -0.39 is 0 Å². The molecule has 0 amide bonds. The fourth-order valence-corrected chi connectivity index (χ4v) is 2.69. The van der Waals surface area contributed by atoms with Gasteiger partial charge in [0.25, 0.3) is 5.56 Å². The molecule has 0 spiro atoms. The van der Waals surface area contributed by atoms with Gasteiger partial charge in [0.1, 0.15) is 5.82 Å². The van der Waals surface area contributed by atoms with E-state index in [1.54, 1.807) is 0 Å². The molecule has 0 radical (unpaired) electrons. The minimum absolute atomic E-state index is 0.0519. The maximum absolute atomic E-state index is 11.9. The first-order chi connectivity index (χ1) is 8.22. The summed E-state index contributed by atoms with van der Waals surface area (Å²) in [5, 5.41) is 0. The number of nitrogens with one attached hydrogen (secondary N) is 1. The minimum atomic E-state index is 0.0519. The Morgan fingerprint density at radius 2 is 1.88 bits per heavy atom. The average Bonchev–Trinajstić information content (AvgIpc) is 2.61. The topological polar surface area (TPSA) is 45.8 Å². The molecule has 0 unspecified atom stereocenters. The second-order valence-corrected chi connectivity index (χ2v) is 5.06. The molecule has 1 saturated carbocycles. The third-order valence-electron chi connectivity index (χ3n) is 3.85. The van der Waals surface area contributed by atoms with Crippen molar-refractivity contribution in [1.82, 2.24) is 9.97 Å². The van der Waals surface area contributed by atoms with E-state index in [0.717, 1.165) is 23.5 Å². The third-order valence-corrected chi connectivity index (χ3v) is 3.85. The Balaban J connectivity index is 2.31. The second kappa shape index (κ2) is 5.48.